The average Bonchev–Trinajstić information content (AvgIpc) is 2.79. The van der Waals surface area contributed by atoms with E-state index in [1.165, 1.54) is 11.1 Å². The molecule has 1 N–H and O–H groups in total. The van der Waals surface area contributed by atoms with Crippen LogP contribution in [0.4, 0.5) is 5.82 Å². The Bertz CT molecular complexity index is 477. The second-order valence-corrected chi connectivity index (χ2v) is 4.47. The van der Waals surface area contributed by atoms with Crippen LogP contribution in [0.5, 0.6) is 0 Å². The zero-order valence-corrected chi connectivity index (χ0v) is 10.6. The van der Waals surface area contributed by atoms with Crippen molar-refractivity contribution in [1.29, 1.82) is 0 Å². The van der Waals surface area contributed by atoms with Gasteiger partial charge in [-0.25, -0.2) is 0 Å². The lowest BCUT2D eigenvalue weighted by Crippen LogP contribution is -2.05. The SMILES string of the molecule is CCNc1nnc(-c2ccsc2)c(C)c1C. The predicted octanol–water partition coefficient (Wildman–Crippen LogP) is 3.25. The van der Waals surface area contributed by atoms with E-state index in [9.17, 15) is 0 Å². The first-order chi connectivity index (χ1) is 7.74. The summed E-state index contributed by atoms with van der Waals surface area (Å²) in [6.07, 6.45) is 0. The fourth-order valence-corrected chi connectivity index (χ4v) is 2.25. The van der Waals surface area contributed by atoms with Gasteiger partial charge in [-0.1, -0.05) is 0 Å². The van der Waals surface area contributed by atoms with Crippen LogP contribution in [0, 0.1) is 13.8 Å². The summed E-state index contributed by atoms with van der Waals surface area (Å²) in [7, 11) is 0. The smallest absolute Gasteiger partial charge is 0.151 e. The van der Waals surface area contributed by atoms with Crippen LogP contribution < -0.4 is 5.32 Å². The lowest BCUT2D eigenvalue weighted by atomic mass is 10.1. The van der Waals surface area contributed by atoms with Gasteiger partial charge in [-0.05, 0) is 43.3 Å². The average molecular weight is 233 g/mol. The molecule has 0 aliphatic heterocycles. The van der Waals surface area contributed by atoms with Gasteiger partial charge in [0.1, 0.15) is 0 Å². The number of anilines is 1. The summed E-state index contributed by atoms with van der Waals surface area (Å²) in [5, 5.41) is 15.9. The quantitative estimate of drug-likeness (QED) is 0.884. The van der Waals surface area contributed by atoms with Crippen LogP contribution in [0.3, 0.4) is 0 Å². The van der Waals surface area contributed by atoms with Gasteiger partial charge >= 0.3 is 0 Å². The van der Waals surface area contributed by atoms with E-state index in [1.807, 2.05) is 0 Å². The summed E-state index contributed by atoms with van der Waals surface area (Å²) in [5.74, 6) is 0.888. The molecule has 2 heterocycles. The molecule has 0 amide bonds. The van der Waals surface area contributed by atoms with Crippen LogP contribution in [0.2, 0.25) is 0 Å². The molecule has 0 aliphatic rings. The summed E-state index contributed by atoms with van der Waals surface area (Å²) in [6.45, 7) is 7.10. The van der Waals surface area contributed by atoms with Gasteiger partial charge in [0, 0.05) is 17.5 Å². The van der Waals surface area contributed by atoms with Gasteiger partial charge in [0.2, 0.25) is 0 Å². The minimum Gasteiger partial charge on any atom is -0.369 e. The number of hydrogen-bond acceptors (Lipinski definition) is 4. The van der Waals surface area contributed by atoms with Gasteiger partial charge in [0.15, 0.2) is 5.82 Å². The highest BCUT2D eigenvalue weighted by Crippen LogP contribution is 2.27. The normalized spacial score (nSPS) is 10.4. The molecule has 0 spiro atoms. The van der Waals surface area contributed by atoms with Crippen LogP contribution in [-0.4, -0.2) is 16.7 Å². The minimum absolute atomic E-state index is 0.868. The fourth-order valence-electron chi connectivity index (χ4n) is 1.61. The third-order valence-electron chi connectivity index (χ3n) is 2.66. The van der Waals surface area contributed by atoms with E-state index in [1.54, 1.807) is 11.3 Å². The van der Waals surface area contributed by atoms with Crippen molar-refractivity contribution in [2.45, 2.75) is 20.8 Å². The summed E-state index contributed by atoms with van der Waals surface area (Å²) in [5.41, 5.74) is 4.52. The van der Waals surface area contributed by atoms with E-state index in [0.29, 0.717) is 0 Å². The third-order valence-corrected chi connectivity index (χ3v) is 3.34. The Morgan fingerprint density at radius 3 is 2.69 bits per heavy atom. The summed E-state index contributed by atoms with van der Waals surface area (Å²) < 4.78 is 0. The summed E-state index contributed by atoms with van der Waals surface area (Å²) >= 11 is 1.68. The van der Waals surface area contributed by atoms with Crippen LogP contribution in [-0.2, 0) is 0 Å². The largest absolute Gasteiger partial charge is 0.369 e. The monoisotopic (exact) mass is 233 g/mol. The van der Waals surface area contributed by atoms with Gasteiger partial charge < -0.3 is 5.32 Å². The molecule has 16 heavy (non-hydrogen) atoms. The van der Waals surface area contributed by atoms with Crippen LogP contribution in [0.1, 0.15) is 18.1 Å². The zero-order chi connectivity index (χ0) is 11.5. The molecule has 3 nitrogen and oxygen atoms in total. The topological polar surface area (TPSA) is 37.8 Å². The van der Waals surface area contributed by atoms with Crippen molar-refractivity contribution >= 4 is 17.2 Å². The van der Waals surface area contributed by atoms with Crippen LogP contribution >= 0.6 is 11.3 Å². The Morgan fingerprint density at radius 1 is 1.25 bits per heavy atom. The first-order valence-electron chi connectivity index (χ1n) is 5.34. The van der Waals surface area contributed by atoms with Crippen molar-refractivity contribution in [3.05, 3.63) is 28.0 Å². The van der Waals surface area contributed by atoms with Crippen molar-refractivity contribution in [1.82, 2.24) is 10.2 Å². The van der Waals surface area contributed by atoms with Crippen LogP contribution in [0.25, 0.3) is 11.3 Å². The maximum atomic E-state index is 4.29. The molecule has 84 valence electrons. The van der Waals surface area contributed by atoms with Gasteiger partial charge in [0.05, 0.1) is 5.69 Å². The maximum absolute atomic E-state index is 4.29. The zero-order valence-electron chi connectivity index (χ0n) is 9.74. The Kier molecular flexibility index (Phi) is 3.19. The van der Waals surface area contributed by atoms with Crippen molar-refractivity contribution in [2.75, 3.05) is 11.9 Å². The van der Waals surface area contributed by atoms with Gasteiger partial charge in [-0.15, -0.1) is 10.2 Å². The molecule has 0 fully saturated rings. The second kappa shape index (κ2) is 4.61. The number of rotatable bonds is 3. The van der Waals surface area contributed by atoms with Crippen molar-refractivity contribution < 1.29 is 0 Å². The minimum atomic E-state index is 0.868. The molecule has 2 aromatic rings. The van der Waals surface area contributed by atoms with E-state index in [-0.39, 0.29) is 0 Å². The standard InChI is InChI=1S/C12H15N3S/c1-4-13-12-9(3)8(2)11(14-15-12)10-5-6-16-7-10/h5-7H,4H2,1-3H3,(H,13,15). The van der Waals surface area contributed by atoms with Crippen LogP contribution in [0.15, 0.2) is 16.8 Å². The highest BCUT2D eigenvalue weighted by molar-refractivity contribution is 7.08. The van der Waals surface area contributed by atoms with E-state index in [0.717, 1.165) is 23.6 Å². The molecule has 2 rings (SSSR count). The summed E-state index contributed by atoms with van der Waals surface area (Å²) in [4.78, 5) is 0. The highest BCUT2D eigenvalue weighted by Gasteiger charge is 2.10. The molecular weight excluding hydrogens is 218 g/mol. The van der Waals surface area contributed by atoms with Gasteiger partial charge in [-0.2, -0.15) is 11.3 Å². The molecule has 0 atom stereocenters. The van der Waals surface area contributed by atoms with Crippen molar-refractivity contribution in [3.63, 3.8) is 0 Å². The van der Waals surface area contributed by atoms with E-state index >= 15 is 0 Å². The molecule has 0 radical (unpaired) electrons. The van der Waals surface area contributed by atoms with Crippen molar-refractivity contribution in [2.24, 2.45) is 0 Å². The molecule has 0 saturated carbocycles. The third kappa shape index (κ3) is 1.93. The predicted molar refractivity (Wildman–Crippen MR) is 69.0 cm³/mol. The molecule has 2 aromatic heterocycles. The summed E-state index contributed by atoms with van der Waals surface area (Å²) in [6, 6.07) is 2.08. The van der Waals surface area contributed by atoms with Gasteiger partial charge in [0.25, 0.3) is 0 Å². The second-order valence-electron chi connectivity index (χ2n) is 3.69. The number of hydrogen-bond donors (Lipinski definition) is 1. The Morgan fingerprint density at radius 2 is 2.06 bits per heavy atom. The first-order valence-corrected chi connectivity index (χ1v) is 6.28. The van der Waals surface area contributed by atoms with E-state index in [2.05, 4.69) is 53.1 Å². The Labute approximate surface area is 99.5 Å². The number of nitrogens with one attached hydrogen (secondary N) is 1. The lowest BCUT2D eigenvalue weighted by Gasteiger charge is -2.10. The lowest BCUT2D eigenvalue weighted by molar-refractivity contribution is 0.988. The maximum Gasteiger partial charge on any atom is 0.151 e. The van der Waals surface area contributed by atoms with E-state index in [4.69, 9.17) is 0 Å². The molecule has 0 saturated heterocycles. The molecule has 0 bridgehead atoms. The Hall–Kier alpha value is -1.42. The molecule has 4 heteroatoms. The fraction of sp³-hybridized carbons (Fsp3) is 0.333. The van der Waals surface area contributed by atoms with Gasteiger partial charge in [-0.3, -0.25) is 0 Å². The molecule has 0 aromatic carbocycles. The molecule has 0 unspecified atom stereocenters. The highest BCUT2D eigenvalue weighted by atomic mass is 32.1. The first kappa shape index (κ1) is 11.1. The molecule has 0 aliphatic carbocycles. The Balaban J connectivity index is 2.47. The molecular formula is C12H15N3S. The van der Waals surface area contributed by atoms with Crippen molar-refractivity contribution in [3.8, 4) is 11.3 Å². The number of nitrogens with zero attached hydrogens (tertiary/aromatic N) is 2. The number of aromatic nitrogens is 2. The number of thiophene rings is 1. The van der Waals surface area contributed by atoms with E-state index < -0.39 is 0 Å².